The van der Waals surface area contributed by atoms with Gasteiger partial charge >= 0.3 is 0 Å². The number of likely N-dealkylation sites (N-methyl/N-ethyl adjacent to an activating group) is 1. The van der Waals surface area contributed by atoms with Crippen LogP contribution in [-0.2, 0) is 16.6 Å². The predicted molar refractivity (Wildman–Crippen MR) is 124 cm³/mol. The van der Waals surface area contributed by atoms with Crippen LogP contribution in [0.3, 0.4) is 0 Å². The van der Waals surface area contributed by atoms with E-state index < -0.39 is 14.9 Å². The van der Waals surface area contributed by atoms with Gasteiger partial charge in [0.15, 0.2) is 0 Å². The zero-order valence-electron chi connectivity index (χ0n) is 18.7. The molecule has 1 aromatic heterocycles. The number of nitro groups is 1. The second kappa shape index (κ2) is 10.9. The van der Waals surface area contributed by atoms with Crippen LogP contribution in [0.4, 0.5) is 17.1 Å². The van der Waals surface area contributed by atoms with E-state index in [9.17, 15) is 18.5 Å². The molecule has 1 aliphatic rings. The number of benzene rings is 1. The largest absolute Gasteiger partial charge is 0.347 e. The fourth-order valence-electron chi connectivity index (χ4n) is 3.85. The lowest BCUT2D eigenvalue weighted by Crippen LogP contribution is -2.32. The molecule has 0 atom stereocenters. The normalized spacial score (nSPS) is 15.6. The van der Waals surface area contributed by atoms with Gasteiger partial charge in [-0.1, -0.05) is 26.7 Å². The fraction of sp³-hybridized carbons (Fsp3) is 0.571. The van der Waals surface area contributed by atoms with Crippen LogP contribution in [-0.4, -0.2) is 65.1 Å². The van der Waals surface area contributed by atoms with Crippen molar-refractivity contribution in [2.45, 2.75) is 51.0 Å². The smallest absolute Gasteiger partial charge is 0.294 e. The van der Waals surface area contributed by atoms with Gasteiger partial charge in [-0.2, -0.15) is 9.40 Å². The molecule has 1 aromatic carbocycles. The van der Waals surface area contributed by atoms with E-state index in [1.54, 1.807) is 17.1 Å². The summed E-state index contributed by atoms with van der Waals surface area (Å²) in [4.78, 5) is 13.4. The predicted octanol–water partition coefficient (Wildman–Crippen LogP) is 3.44. The molecule has 3 rings (SSSR count). The molecule has 10 nitrogen and oxygen atoms in total. The van der Waals surface area contributed by atoms with Gasteiger partial charge in [-0.05, 0) is 38.1 Å². The summed E-state index contributed by atoms with van der Waals surface area (Å²) in [6, 6.07) is 4.03. The van der Waals surface area contributed by atoms with Crippen LogP contribution in [0.15, 0.2) is 35.5 Å². The molecule has 2 heterocycles. The lowest BCUT2D eigenvalue weighted by molar-refractivity contribution is -0.384. The number of anilines is 2. The van der Waals surface area contributed by atoms with Gasteiger partial charge in [-0.3, -0.25) is 14.8 Å². The van der Waals surface area contributed by atoms with Crippen molar-refractivity contribution < 1.29 is 13.3 Å². The zero-order chi connectivity index (χ0) is 23.1. The summed E-state index contributed by atoms with van der Waals surface area (Å²) in [5.74, 6) is 0. The maximum absolute atomic E-state index is 13.0. The molecule has 1 fully saturated rings. The zero-order valence-corrected chi connectivity index (χ0v) is 19.6. The van der Waals surface area contributed by atoms with Crippen molar-refractivity contribution in [2.75, 3.05) is 38.0 Å². The second-order valence-corrected chi connectivity index (χ2v) is 9.84. The van der Waals surface area contributed by atoms with Crippen LogP contribution in [0.5, 0.6) is 0 Å². The summed E-state index contributed by atoms with van der Waals surface area (Å²) in [6.45, 7) is 8.59. The Morgan fingerprint density at radius 3 is 2.47 bits per heavy atom. The van der Waals surface area contributed by atoms with Gasteiger partial charge < -0.3 is 10.2 Å². The lowest BCUT2D eigenvalue weighted by atomic mass is 10.2. The van der Waals surface area contributed by atoms with E-state index in [0.29, 0.717) is 25.3 Å². The Labute approximate surface area is 189 Å². The minimum atomic E-state index is -3.77. The Morgan fingerprint density at radius 2 is 1.84 bits per heavy atom. The standard InChI is InChI=1S/C21H32N6O4S/c1-3-24(4-2)13-14-25-17-18(16-22-25)23-20-10-9-19(15-21(20)27(28)29)32(30,31)26-11-7-5-6-8-12-26/h9-10,15-17,23H,3-8,11-14H2,1-2H3. The van der Waals surface area contributed by atoms with Crippen molar-refractivity contribution in [3.63, 3.8) is 0 Å². The third kappa shape index (κ3) is 5.84. The Bertz CT molecular complexity index is 1010. The van der Waals surface area contributed by atoms with Gasteiger partial charge in [0.25, 0.3) is 5.69 Å². The number of nitro benzene ring substituents is 1. The average molecular weight is 465 g/mol. The minimum Gasteiger partial charge on any atom is -0.347 e. The summed E-state index contributed by atoms with van der Waals surface area (Å²) in [5, 5.41) is 19.0. The third-order valence-corrected chi connectivity index (χ3v) is 7.72. The maximum atomic E-state index is 13.0. The monoisotopic (exact) mass is 464 g/mol. The molecule has 0 unspecified atom stereocenters. The Kier molecular flexibility index (Phi) is 8.21. The first-order valence-corrected chi connectivity index (χ1v) is 12.6. The number of nitrogens with zero attached hydrogens (tertiary/aromatic N) is 5. The highest BCUT2D eigenvalue weighted by Gasteiger charge is 2.28. The van der Waals surface area contributed by atoms with E-state index >= 15 is 0 Å². The number of rotatable bonds is 10. The van der Waals surface area contributed by atoms with Crippen molar-refractivity contribution in [3.8, 4) is 0 Å². The molecule has 1 saturated heterocycles. The topological polar surface area (TPSA) is 114 Å². The maximum Gasteiger partial charge on any atom is 0.294 e. The highest BCUT2D eigenvalue weighted by Crippen LogP contribution is 2.31. The van der Waals surface area contributed by atoms with Crippen molar-refractivity contribution in [1.29, 1.82) is 0 Å². The molecular weight excluding hydrogens is 432 g/mol. The summed E-state index contributed by atoms with van der Waals surface area (Å²) < 4.78 is 29.3. The third-order valence-electron chi connectivity index (χ3n) is 5.82. The van der Waals surface area contributed by atoms with E-state index in [1.165, 1.54) is 16.4 Å². The number of aromatic nitrogens is 2. The van der Waals surface area contributed by atoms with Gasteiger partial charge in [0, 0.05) is 31.9 Å². The van der Waals surface area contributed by atoms with Crippen molar-refractivity contribution in [2.24, 2.45) is 0 Å². The first-order chi connectivity index (χ1) is 15.3. The first-order valence-electron chi connectivity index (χ1n) is 11.2. The molecule has 0 amide bonds. The molecule has 1 aliphatic heterocycles. The van der Waals surface area contributed by atoms with Crippen LogP contribution >= 0.6 is 0 Å². The highest BCUT2D eigenvalue weighted by molar-refractivity contribution is 7.89. The van der Waals surface area contributed by atoms with E-state index in [-0.39, 0.29) is 16.3 Å². The number of hydrogen-bond donors (Lipinski definition) is 1. The molecule has 176 valence electrons. The van der Waals surface area contributed by atoms with Gasteiger partial charge in [-0.25, -0.2) is 8.42 Å². The lowest BCUT2D eigenvalue weighted by Gasteiger charge is -2.20. The van der Waals surface area contributed by atoms with E-state index in [2.05, 4.69) is 29.2 Å². The SMILES string of the molecule is CCN(CC)CCn1cc(Nc2ccc(S(=O)(=O)N3CCCCCC3)cc2[N+](=O)[O-])cn1. The Morgan fingerprint density at radius 1 is 1.16 bits per heavy atom. The van der Waals surface area contributed by atoms with Crippen LogP contribution in [0.25, 0.3) is 0 Å². The summed E-state index contributed by atoms with van der Waals surface area (Å²) in [5.41, 5.74) is 0.556. The van der Waals surface area contributed by atoms with Crippen LogP contribution in [0, 0.1) is 10.1 Å². The van der Waals surface area contributed by atoms with Crippen molar-refractivity contribution in [3.05, 3.63) is 40.7 Å². The molecule has 11 heteroatoms. The molecule has 1 N–H and O–H groups in total. The molecule has 0 spiro atoms. The number of hydrogen-bond acceptors (Lipinski definition) is 7. The molecular formula is C21H32N6O4S. The van der Waals surface area contributed by atoms with Crippen LogP contribution < -0.4 is 5.32 Å². The second-order valence-electron chi connectivity index (χ2n) is 7.90. The fourth-order valence-corrected chi connectivity index (χ4v) is 5.39. The summed E-state index contributed by atoms with van der Waals surface area (Å²) in [7, 11) is -3.77. The summed E-state index contributed by atoms with van der Waals surface area (Å²) >= 11 is 0. The van der Waals surface area contributed by atoms with Crippen LogP contribution in [0.2, 0.25) is 0 Å². The number of nitrogens with one attached hydrogen (secondary N) is 1. The Hall–Kier alpha value is -2.50. The van der Waals surface area contributed by atoms with Gasteiger partial charge in [0.2, 0.25) is 10.0 Å². The molecule has 0 saturated carbocycles. The van der Waals surface area contributed by atoms with Gasteiger partial charge in [-0.15, -0.1) is 0 Å². The van der Waals surface area contributed by atoms with E-state index in [1.807, 2.05) is 0 Å². The van der Waals surface area contributed by atoms with Crippen molar-refractivity contribution >= 4 is 27.1 Å². The summed E-state index contributed by atoms with van der Waals surface area (Å²) in [6.07, 6.45) is 7.00. The highest BCUT2D eigenvalue weighted by atomic mass is 32.2. The van der Waals surface area contributed by atoms with E-state index in [0.717, 1.165) is 51.4 Å². The molecule has 0 radical (unpaired) electrons. The molecule has 0 bridgehead atoms. The van der Waals surface area contributed by atoms with Crippen LogP contribution in [0.1, 0.15) is 39.5 Å². The van der Waals surface area contributed by atoms with Gasteiger partial charge in [0.05, 0.1) is 28.2 Å². The molecule has 0 aliphatic carbocycles. The molecule has 2 aromatic rings. The van der Waals surface area contributed by atoms with E-state index in [4.69, 9.17) is 0 Å². The average Bonchev–Trinajstić information content (AvgIpc) is 3.04. The molecule has 32 heavy (non-hydrogen) atoms. The van der Waals surface area contributed by atoms with Crippen molar-refractivity contribution in [1.82, 2.24) is 19.0 Å². The quantitative estimate of drug-likeness (QED) is 0.423. The Balaban J connectivity index is 1.78. The first kappa shape index (κ1) is 24.1. The van der Waals surface area contributed by atoms with Gasteiger partial charge in [0.1, 0.15) is 5.69 Å². The minimum absolute atomic E-state index is 0.0495. The number of sulfonamides is 1.